The lowest BCUT2D eigenvalue weighted by molar-refractivity contribution is 0.0785. The Bertz CT molecular complexity index is 723. The van der Waals surface area contributed by atoms with Crippen LogP contribution in [0.15, 0.2) is 53.4 Å². The molecule has 1 aliphatic rings. The Morgan fingerprint density at radius 2 is 1.92 bits per heavy atom. The maximum Gasteiger partial charge on any atom is 0.254 e. The van der Waals surface area contributed by atoms with Crippen LogP contribution in [0.2, 0.25) is 0 Å². The summed E-state index contributed by atoms with van der Waals surface area (Å²) >= 11 is 1.66. The zero-order valence-corrected chi connectivity index (χ0v) is 16.3. The first kappa shape index (κ1) is 19.8. The first-order valence-corrected chi connectivity index (χ1v) is 9.55. The molecule has 0 aromatic heterocycles. The molecule has 0 aliphatic carbocycles. The van der Waals surface area contributed by atoms with Crippen molar-refractivity contribution < 1.29 is 4.79 Å². The van der Waals surface area contributed by atoms with Gasteiger partial charge in [0.25, 0.3) is 5.91 Å². The molecule has 0 bridgehead atoms. The van der Waals surface area contributed by atoms with E-state index in [0.717, 1.165) is 29.1 Å². The summed E-state index contributed by atoms with van der Waals surface area (Å²) in [6.45, 7) is 4.08. The maximum absolute atomic E-state index is 13.1. The number of thioether (sulfide) groups is 1. The third-order valence-corrected chi connectivity index (χ3v) is 5.66. The van der Waals surface area contributed by atoms with E-state index in [1.54, 1.807) is 11.8 Å². The highest BCUT2D eigenvalue weighted by Gasteiger charge is 2.35. The van der Waals surface area contributed by atoms with Gasteiger partial charge in [0.05, 0.1) is 0 Å². The second-order valence-electron chi connectivity index (χ2n) is 6.40. The number of carbonyl (C=O) groups excluding carboxylic acids is 1. The Balaban J connectivity index is 0.00000225. The molecule has 25 heavy (non-hydrogen) atoms. The number of hydrogen-bond acceptors (Lipinski definition) is 3. The van der Waals surface area contributed by atoms with Crippen molar-refractivity contribution in [3.63, 3.8) is 0 Å². The Kier molecular flexibility index (Phi) is 6.94. The SMILES string of the molecule is CSc1ccc(C)c(C(=O)N2C[C@@H](CN)[C@H](c3ccccc3)C2)c1.Cl. The van der Waals surface area contributed by atoms with E-state index in [0.29, 0.717) is 18.4 Å². The van der Waals surface area contributed by atoms with E-state index in [4.69, 9.17) is 5.73 Å². The number of amides is 1. The maximum atomic E-state index is 13.1. The first-order valence-electron chi connectivity index (χ1n) is 8.33. The molecule has 2 atom stereocenters. The van der Waals surface area contributed by atoms with Crippen molar-refractivity contribution in [2.24, 2.45) is 11.7 Å². The molecule has 3 rings (SSSR count). The van der Waals surface area contributed by atoms with Gasteiger partial charge < -0.3 is 10.6 Å². The van der Waals surface area contributed by atoms with Crippen LogP contribution in [0, 0.1) is 12.8 Å². The van der Waals surface area contributed by atoms with E-state index in [1.165, 1.54) is 5.56 Å². The number of aryl methyl sites for hydroxylation is 1. The molecular formula is C20H25ClN2OS. The minimum atomic E-state index is 0. The van der Waals surface area contributed by atoms with Gasteiger partial charge in [0.2, 0.25) is 0 Å². The van der Waals surface area contributed by atoms with Crippen LogP contribution < -0.4 is 5.73 Å². The zero-order valence-electron chi connectivity index (χ0n) is 14.6. The summed E-state index contributed by atoms with van der Waals surface area (Å²) in [5.74, 6) is 0.768. The van der Waals surface area contributed by atoms with Crippen LogP contribution in [0.1, 0.15) is 27.4 Å². The van der Waals surface area contributed by atoms with Crippen molar-refractivity contribution in [2.45, 2.75) is 17.7 Å². The van der Waals surface area contributed by atoms with Crippen LogP contribution in [-0.4, -0.2) is 36.7 Å². The molecule has 5 heteroatoms. The fourth-order valence-corrected chi connectivity index (χ4v) is 3.92. The quantitative estimate of drug-likeness (QED) is 0.821. The van der Waals surface area contributed by atoms with Gasteiger partial charge in [-0.2, -0.15) is 0 Å². The van der Waals surface area contributed by atoms with Gasteiger partial charge in [-0.1, -0.05) is 36.4 Å². The molecule has 1 saturated heterocycles. The average molecular weight is 377 g/mol. The van der Waals surface area contributed by atoms with Gasteiger partial charge in [-0.15, -0.1) is 24.2 Å². The highest BCUT2D eigenvalue weighted by Crippen LogP contribution is 2.33. The second kappa shape index (κ2) is 8.75. The summed E-state index contributed by atoms with van der Waals surface area (Å²) in [5, 5.41) is 0. The highest BCUT2D eigenvalue weighted by atomic mass is 35.5. The third-order valence-electron chi connectivity index (χ3n) is 4.93. The molecule has 2 aromatic rings. The summed E-state index contributed by atoms with van der Waals surface area (Å²) in [5.41, 5.74) is 9.12. The Morgan fingerprint density at radius 1 is 1.20 bits per heavy atom. The lowest BCUT2D eigenvalue weighted by Gasteiger charge is -2.18. The predicted molar refractivity (Wildman–Crippen MR) is 108 cm³/mol. The lowest BCUT2D eigenvalue weighted by Crippen LogP contribution is -2.30. The van der Waals surface area contributed by atoms with E-state index < -0.39 is 0 Å². The van der Waals surface area contributed by atoms with E-state index in [2.05, 4.69) is 30.3 Å². The van der Waals surface area contributed by atoms with Crippen LogP contribution in [0.25, 0.3) is 0 Å². The monoisotopic (exact) mass is 376 g/mol. The number of carbonyl (C=O) groups is 1. The number of halogens is 1. The number of nitrogens with two attached hydrogens (primary N) is 1. The normalized spacial score (nSPS) is 19.6. The number of rotatable bonds is 4. The molecule has 0 spiro atoms. The fraction of sp³-hybridized carbons (Fsp3) is 0.350. The van der Waals surface area contributed by atoms with E-state index in [-0.39, 0.29) is 18.3 Å². The van der Waals surface area contributed by atoms with Crippen molar-refractivity contribution in [3.05, 3.63) is 65.2 Å². The number of nitrogens with zero attached hydrogens (tertiary/aromatic N) is 1. The smallest absolute Gasteiger partial charge is 0.254 e. The van der Waals surface area contributed by atoms with Crippen molar-refractivity contribution >= 4 is 30.1 Å². The van der Waals surface area contributed by atoms with Crippen LogP contribution in [0.5, 0.6) is 0 Å². The molecule has 1 amide bonds. The van der Waals surface area contributed by atoms with Crippen molar-refractivity contribution in [1.82, 2.24) is 4.90 Å². The lowest BCUT2D eigenvalue weighted by atomic mass is 9.89. The second-order valence-corrected chi connectivity index (χ2v) is 7.28. The molecule has 0 unspecified atom stereocenters. The fourth-order valence-electron chi connectivity index (χ4n) is 3.48. The molecule has 0 saturated carbocycles. The first-order chi connectivity index (χ1) is 11.6. The Labute approximate surface area is 160 Å². The van der Waals surface area contributed by atoms with Crippen LogP contribution >= 0.6 is 24.2 Å². The van der Waals surface area contributed by atoms with Crippen LogP contribution in [-0.2, 0) is 0 Å². The minimum absolute atomic E-state index is 0. The number of benzene rings is 2. The minimum Gasteiger partial charge on any atom is -0.338 e. The van der Waals surface area contributed by atoms with Gasteiger partial charge in [0.15, 0.2) is 0 Å². The molecule has 2 N–H and O–H groups in total. The van der Waals surface area contributed by atoms with Gasteiger partial charge in [-0.05, 0) is 48.9 Å². The van der Waals surface area contributed by atoms with Gasteiger partial charge >= 0.3 is 0 Å². The summed E-state index contributed by atoms with van der Waals surface area (Å²) in [6, 6.07) is 16.5. The highest BCUT2D eigenvalue weighted by molar-refractivity contribution is 7.98. The van der Waals surface area contributed by atoms with E-state index >= 15 is 0 Å². The molecular weight excluding hydrogens is 352 g/mol. The number of hydrogen-bond donors (Lipinski definition) is 1. The molecule has 1 heterocycles. The molecule has 134 valence electrons. The van der Waals surface area contributed by atoms with Crippen molar-refractivity contribution in [3.8, 4) is 0 Å². The number of likely N-dealkylation sites (tertiary alicyclic amines) is 1. The molecule has 1 fully saturated rings. The molecule has 1 aliphatic heterocycles. The Morgan fingerprint density at radius 3 is 2.56 bits per heavy atom. The summed E-state index contributed by atoms with van der Waals surface area (Å²) in [7, 11) is 0. The average Bonchev–Trinajstić information content (AvgIpc) is 3.07. The van der Waals surface area contributed by atoms with E-state index in [9.17, 15) is 4.79 Å². The van der Waals surface area contributed by atoms with E-state index in [1.807, 2.05) is 36.3 Å². The van der Waals surface area contributed by atoms with Crippen molar-refractivity contribution in [2.75, 3.05) is 25.9 Å². The topological polar surface area (TPSA) is 46.3 Å². The molecule has 2 aromatic carbocycles. The van der Waals surface area contributed by atoms with Gasteiger partial charge in [-0.25, -0.2) is 0 Å². The van der Waals surface area contributed by atoms with Crippen LogP contribution in [0.4, 0.5) is 0 Å². The standard InChI is InChI=1S/C20H24N2OS.ClH/c1-14-8-9-17(24-2)10-18(14)20(23)22-12-16(11-21)19(13-22)15-6-4-3-5-7-15;/h3-10,16,19H,11-13,21H2,1-2H3;1H/t16-,19+;/m1./s1. The molecule has 3 nitrogen and oxygen atoms in total. The van der Waals surface area contributed by atoms with Crippen molar-refractivity contribution in [1.29, 1.82) is 0 Å². The summed E-state index contributed by atoms with van der Waals surface area (Å²) < 4.78 is 0. The Hall–Kier alpha value is -1.49. The zero-order chi connectivity index (χ0) is 17.1. The molecule has 0 radical (unpaired) electrons. The van der Waals surface area contributed by atoms with Gasteiger partial charge in [0.1, 0.15) is 0 Å². The summed E-state index contributed by atoms with van der Waals surface area (Å²) in [6.07, 6.45) is 2.03. The van der Waals surface area contributed by atoms with Gasteiger partial charge in [-0.3, -0.25) is 4.79 Å². The van der Waals surface area contributed by atoms with Crippen LogP contribution in [0.3, 0.4) is 0 Å². The van der Waals surface area contributed by atoms with Gasteiger partial charge in [0, 0.05) is 29.5 Å². The third kappa shape index (κ3) is 4.20. The predicted octanol–water partition coefficient (Wildman–Crippen LogP) is 3.95. The summed E-state index contributed by atoms with van der Waals surface area (Å²) in [4.78, 5) is 16.1. The largest absolute Gasteiger partial charge is 0.338 e.